The van der Waals surface area contributed by atoms with Crippen LogP contribution in [0.2, 0.25) is 0 Å². The minimum atomic E-state index is 0. The molecule has 0 aliphatic heterocycles. The second-order valence-electron chi connectivity index (χ2n) is 0. The maximum Gasteiger partial charge on any atom is 0 e. The molecule has 0 aliphatic carbocycles. The molecule has 0 aromatic heterocycles. The Hall–Kier alpha value is 1.45. The molecule has 0 N–H and O–H groups in total. The fraction of sp³-hybridized carbons (Fsp3) is 0.500. The molecule has 0 nitrogen and oxygen atoms in total. The number of rotatable bonds is 0. The zero-order valence-electron chi connectivity index (χ0n) is 2.96. The summed E-state index contributed by atoms with van der Waals surface area (Å²) in [6.07, 6.45) is 0. The summed E-state index contributed by atoms with van der Waals surface area (Å²) in [6, 6.07) is 0. The van der Waals surface area contributed by atoms with E-state index < -0.39 is 0 Å². The molecule has 0 rings (SSSR count). The molecule has 0 amide bonds. The van der Waals surface area contributed by atoms with Crippen molar-refractivity contribution in [3.63, 3.8) is 0 Å². The summed E-state index contributed by atoms with van der Waals surface area (Å²) in [5.74, 6) is 0. The van der Waals surface area contributed by atoms with Crippen molar-refractivity contribution in [1.82, 2.24) is 0 Å². The molecule has 0 saturated heterocycles. The van der Waals surface area contributed by atoms with E-state index in [1.165, 1.54) is 0 Å². The van der Waals surface area contributed by atoms with Crippen molar-refractivity contribution in [3.8, 4) is 0 Å². The molecule has 0 aromatic carbocycles. The Morgan fingerprint density at radius 1 is 1.00 bits per heavy atom. The van der Waals surface area contributed by atoms with Crippen molar-refractivity contribution < 1.29 is 50.7 Å². The summed E-state index contributed by atoms with van der Waals surface area (Å²) in [5.41, 5.74) is 0. The fourth-order valence-electron chi connectivity index (χ4n) is 0. The molecule has 0 fully saturated rings. The molecular formula is C2H5Cl2Hf-3. The predicted octanol–water partition coefficient (Wildman–Crippen LogP) is -5.15. The average molecular weight is 278 g/mol. The average Bonchev–Trinajstić information content (AvgIpc) is 1.00. The van der Waals surface area contributed by atoms with Crippen molar-refractivity contribution in [3.05, 3.63) is 6.92 Å². The second kappa shape index (κ2) is 51.3. The van der Waals surface area contributed by atoms with E-state index in [2.05, 4.69) is 6.92 Å². The van der Waals surface area contributed by atoms with Crippen LogP contribution in [0.25, 0.3) is 0 Å². The van der Waals surface area contributed by atoms with Gasteiger partial charge in [-0.05, 0) is 0 Å². The van der Waals surface area contributed by atoms with Gasteiger partial charge in [0.15, 0.2) is 0 Å². The van der Waals surface area contributed by atoms with Crippen LogP contribution < -0.4 is 24.8 Å². The van der Waals surface area contributed by atoms with Gasteiger partial charge < -0.3 is 31.7 Å². The Balaban J connectivity index is -0.00000000167. The summed E-state index contributed by atoms with van der Waals surface area (Å²) in [5, 5.41) is 0. The van der Waals surface area contributed by atoms with Gasteiger partial charge in [-0.3, -0.25) is 0 Å². The van der Waals surface area contributed by atoms with Gasteiger partial charge in [0.05, 0.1) is 0 Å². The first kappa shape index (κ1) is 31.9. The van der Waals surface area contributed by atoms with Crippen molar-refractivity contribution in [2.24, 2.45) is 0 Å². The molecule has 34 valence electrons. The molecule has 3 heteroatoms. The zero-order chi connectivity index (χ0) is 2.00. The monoisotopic (exact) mass is 279 g/mol. The summed E-state index contributed by atoms with van der Waals surface area (Å²) in [4.78, 5) is 0. The van der Waals surface area contributed by atoms with Crippen LogP contribution in [0, 0.1) is 6.92 Å². The van der Waals surface area contributed by atoms with E-state index in [1.54, 1.807) is 6.92 Å². The van der Waals surface area contributed by atoms with Crippen molar-refractivity contribution in [2.45, 2.75) is 6.92 Å². The molecule has 0 radical (unpaired) electrons. The molecule has 0 heterocycles. The normalized spacial score (nSPS) is 1.20. The van der Waals surface area contributed by atoms with Gasteiger partial charge in [-0.25, -0.2) is 0 Å². The summed E-state index contributed by atoms with van der Waals surface area (Å²) in [6.45, 7) is 5.00. The van der Waals surface area contributed by atoms with Crippen LogP contribution in [0.5, 0.6) is 0 Å². The SMILES string of the molecule is [CH2-]C.[Cl-].[Cl-].[Hf]. The number of hydrogen-bond acceptors (Lipinski definition) is 0. The van der Waals surface area contributed by atoms with E-state index >= 15 is 0 Å². The second-order valence-corrected chi connectivity index (χ2v) is 0. The van der Waals surface area contributed by atoms with Crippen LogP contribution in [0.3, 0.4) is 0 Å². The van der Waals surface area contributed by atoms with Crippen molar-refractivity contribution in [1.29, 1.82) is 0 Å². The molecule has 0 aliphatic rings. The van der Waals surface area contributed by atoms with Gasteiger partial charge >= 0.3 is 0 Å². The first-order valence-corrected chi connectivity index (χ1v) is 0.707. The van der Waals surface area contributed by atoms with Crippen LogP contribution in [0.15, 0.2) is 0 Å². The minimum Gasteiger partial charge on any atom is -1.00 e. The largest absolute Gasteiger partial charge is 1.00 e. The first-order chi connectivity index (χ1) is 1.00. The van der Waals surface area contributed by atoms with Crippen LogP contribution in [0.1, 0.15) is 6.92 Å². The Labute approximate surface area is 64.3 Å². The topological polar surface area (TPSA) is 0 Å². The third-order valence-electron chi connectivity index (χ3n) is 0. The van der Waals surface area contributed by atoms with E-state index in [-0.39, 0.29) is 50.7 Å². The van der Waals surface area contributed by atoms with E-state index in [4.69, 9.17) is 0 Å². The van der Waals surface area contributed by atoms with Crippen LogP contribution in [0.4, 0.5) is 0 Å². The third kappa shape index (κ3) is 30.9. The van der Waals surface area contributed by atoms with E-state index in [1.807, 2.05) is 0 Å². The van der Waals surface area contributed by atoms with Crippen molar-refractivity contribution >= 4 is 0 Å². The number of hydrogen-bond donors (Lipinski definition) is 0. The Morgan fingerprint density at radius 3 is 1.00 bits per heavy atom. The molecule has 0 atom stereocenters. The molecule has 0 saturated carbocycles. The third-order valence-corrected chi connectivity index (χ3v) is 0. The molecule has 0 spiro atoms. The van der Waals surface area contributed by atoms with Gasteiger partial charge in [-0.1, -0.05) is 0 Å². The van der Waals surface area contributed by atoms with E-state index in [9.17, 15) is 0 Å². The maximum absolute atomic E-state index is 3.25. The zero-order valence-corrected chi connectivity index (χ0v) is 8.07. The Bertz CT molecular complexity index is 7.61. The summed E-state index contributed by atoms with van der Waals surface area (Å²) < 4.78 is 0. The maximum atomic E-state index is 3.25. The van der Waals surface area contributed by atoms with Gasteiger partial charge in [0.25, 0.3) is 0 Å². The molecule has 5 heavy (non-hydrogen) atoms. The van der Waals surface area contributed by atoms with Gasteiger partial charge in [-0.15, -0.1) is 0 Å². The fourth-order valence-corrected chi connectivity index (χ4v) is 0. The molecular weight excluding hydrogens is 273 g/mol. The van der Waals surface area contributed by atoms with Gasteiger partial charge in [0.1, 0.15) is 0 Å². The van der Waals surface area contributed by atoms with E-state index in [0.29, 0.717) is 0 Å². The Morgan fingerprint density at radius 2 is 1.00 bits per heavy atom. The molecule has 0 aromatic rings. The quantitative estimate of drug-likeness (QED) is 0.307. The van der Waals surface area contributed by atoms with Gasteiger partial charge in [0.2, 0.25) is 0 Å². The predicted molar refractivity (Wildman–Crippen MR) is 11.0 cm³/mol. The molecule has 0 bridgehead atoms. The number of halogens is 2. The van der Waals surface area contributed by atoms with Crippen LogP contribution in [-0.4, -0.2) is 0 Å². The van der Waals surface area contributed by atoms with Crippen molar-refractivity contribution in [2.75, 3.05) is 0 Å². The Kier molecular flexibility index (Phi) is 328. The minimum absolute atomic E-state index is 0. The van der Waals surface area contributed by atoms with Crippen LogP contribution >= 0.6 is 0 Å². The first-order valence-electron chi connectivity index (χ1n) is 0.707. The van der Waals surface area contributed by atoms with E-state index in [0.717, 1.165) is 0 Å². The van der Waals surface area contributed by atoms with Gasteiger partial charge in [0, 0.05) is 25.8 Å². The molecule has 0 unspecified atom stereocenters. The summed E-state index contributed by atoms with van der Waals surface area (Å²) >= 11 is 0. The smallest absolute Gasteiger partial charge is 0 e. The van der Waals surface area contributed by atoms with Gasteiger partial charge in [-0.2, -0.15) is 6.92 Å². The summed E-state index contributed by atoms with van der Waals surface area (Å²) in [7, 11) is 0. The standard InChI is InChI=1S/C2H5.2ClH.Hf/c1-2;;;/h1H2,2H3;2*1H;/q-1;;;/p-2. The van der Waals surface area contributed by atoms with Crippen LogP contribution in [-0.2, 0) is 25.8 Å².